The largest absolute Gasteiger partial charge is 0.497 e. The highest BCUT2D eigenvalue weighted by atomic mass is 32.2. The van der Waals surface area contributed by atoms with Crippen LogP contribution in [0.15, 0.2) is 82.6 Å². The third kappa shape index (κ3) is 7.79. The molecule has 0 spiro atoms. The summed E-state index contributed by atoms with van der Waals surface area (Å²) in [4.78, 5) is 29.3. The summed E-state index contributed by atoms with van der Waals surface area (Å²) in [6.45, 7) is 5.59. The minimum atomic E-state index is -4.11. The number of carbonyl (C=O) groups is 2. The Hall–Kier alpha value is -3.50. The second kappa shape index (κ2) is 14.2. The van der Waals surface area contributed by atoms with E-state index in [9.17, 15) is 18.0 Å². The first kappa shape index (κ1) is 31.0. The van der Waals surface area contributed by atoms with Crippen molar-refractivity contribution in [2.24, 2.45) is 0 Å². The first-order valence-electron chi connectivity index (χ1n) is 13.0. The average Bonchev–Trinajstić information content (AvgIpc) is 2.97. The predicted octanol–water partition coefficient (Wildman–Crippen LogP) is 4.86. The first-order chi connectivity index (χ1) is 19.1. The molecule has 0 bridgehead atoms. The second-order valence-electron chi connectivity index (χ2n) is 9.36. The van der Waals surface area contributed by atoms with Crippen molar-refractivity contribution < 1.29 is 22.7 Å². The molecule has 0 aliphatic carbocycles. The summed E-state index contributed by atoms with van der Waals surface area (Å²) >= 11 is 1.51. The van der Waals surface area contributed by atoms with E-state index in [-0.39, 0.29) is 17.3 Å². The molecule has 0 radical (unpaired) electrons. The average molecular weight is 584 g/mol. The van der Waals surface area contributed by atoms with E-state index < -0.39 is 28.5 Å². The van der Waals surface area contributed by atoms with Crippen LogP contribution in [0.3, 0.4) is 0 Å². The van der Waals surface area contributed by atoms with Gasteiger partial charge in [-0.1, -0.05) is 36.8 Å². The number of hydrogen-bond acceptors (Lipinski definition) is 6. The molecule has 0 aromatic heterocycles. The summed E-state index contributed by atoms with van der Waals surface area (Å²) in [7, 11) is -2.55. The molecule has 0 heterocycles. The van der Waals surface area contributed by atoms with Crippen LogP contribution in [0.25, 0.3) is 0 Å². The molecule has 0 saturated carbocycles. The van der Waals surface area contributed by atoms with Crippen LogP contribution in [0, 0.1) is 6.92 Å². The smallest absolute Gasteiger partial charge is 0.264 e. The zero-order valence-corrected chi connectivity index (χ0v) is 25.2. The van der Waals surface area contributed by atoms with Gasteiger partial charge in [-0.2, -0.15) is 0 Å². The lowest BCUT2D eigenvalue weighted by atomic mass is 10.1. The Morgan fingerprint density at radius 2 is 1.70 bits per heavy atom. The fraction of sp³-hybridized carbons (Fsp3) is 0.333. The molecule has 0 fully saturated rings. The Morgan fingerprint density at radius 1 is 1.02 bits per heavy atom. The van der Waals surface area contributed by atoms with Crippen LogP contribution in [-0.4, -0.2) is 57.6 Å². The molecule has 2 amide bonds. The third-order valence-electron chi connectivity index (χ3n) is 6.45. The zero-order valence-electron chi connectivity index (χ0n) is 23.6. The van der Waals surface area contributed by atoms with Crippen molar-refractivity contribution >= 4 is 39.3 Å². The van der Waals surface area contributed by atoms with Crippen LogP contribution >= 0.6 is 11.8 Å². The molecule has 3 rings (SSSR count). The molecule has 1 atom stereocenters. The molecule has 214 valence electrons. The molecule has 1 N–H and O–H groups in total. The number of anilines is 1. The quantitative estimate of drug-likeness (QED) is 0.289. The van der Waals surface area contributed by atoms with Gasteiger partial charge < -0.3 is 15.0 Å². The van der Waals surface area contributed by atoms with Crippen LogP contribution in [0.2, 0.25) is 0 Å². The Balaban J connectivity index is 2.02. The van der Waals surface area contributed by atoms with E-state index >= 15 is 0 Å². The summed E-state index contributed by atoms with van der Waals surface area (Å²) in [6, 6.07) is 19.9. The van der Waals surface area contributed by atoms with Crippen LogP contribution in [0.4, 0.5) is 5.69 Å². The summed E-state index contributed by atoms with van der Waals surface area (Å²) in [5.74, 6) is -0.201. The van der Waals surface area contributed by atoms with Gasteiger partial charge in [0.2, 0.25) is 11.8 Å². The molecule has 10 heteroatoms. The fourth-order valence-electron chi connectivity index (χ4n) is 4.06. The van der Waals surface area contributed by atoms with Gasteiger partial charge >= 0.3 is 0 Å². The fourth-order valence-corrected chi connectivity index (χ4v) is 5.88. The molecular weight excluding hydrogens is 546 g/mol. The van der Waals surface area contributed by atoms with E-state index in [1.54, 1.807) is 80.8 Å². The van der Waals surface area contributed by atoms with Gasteiger partial charge in [0, 0.05) is 18.0 Å². The molecule has 0 saturated heterocycles. The van der Waals surface area contributed by atoms with E-state index in [4.69, 9.17) is 4.74 Å². The number of hydrogen-bond donors (Lipinski definition) is 1. The van der Waals surface area contributed by atoms with Gasteiger partial charge in [-0.05, 0) is 80.6 Å². The second-order valence-corrected chi connectivity index (χ2v) is 12.1. The van der Waals surface area contributed by atoms with Gasteiger partial charge in [-0.3, -0.25) is 13.9 Å². The van der Waals surface area contributed by atoms with Crippen molar-refractivity contribution in [3.63, 3.8) is 0 Å². The number of benzene rings is 3. The number of rotatable bonds is 13. The number of amides is 2. The highest BCUT2D eigenvalue weighted by Crippen LogP contribution is 2.27. The summed E-state index contributed by atoms with van der Waals surface area (Å²) in [5, 5.41) is 2.84. The SMILES string of the molecule is CCCNC(=O)C(C)N(Cc1cccc(OC)c1)C(=O)CN(c1ccc(C)cc1)S(=O)(=O)c1ccc(SC)cc1. The molecule has 8 nitrogen and oxygen atoms in total. The van der Waals surface area contributed by atoms with Gasteiger partial charge in [0.25, 0.3) is 10.0 Å². The van der Waals surface area contributed by atoms with Gasteiger partial charge in [-0.15, -0.1) is 11.8 Å². The van der Waals surface area contributed by atoms with Crippen molar-refractivity contribution in [1.82, 2.24) is 10.2 Å². The topological polar surface area (TPSA) is 96.0 Å². The maximum absolute atomic E-state index is 14.0. The Bertz CT molecular complexity index is 1390. The van der Waals surface area contributed by atoms with Crippen molar-refractivity contribution in [2.45, 2.75) is 49.6 Å². The number of ether oxygens (including phenoxy) is 1. The van der Waals surface area contributed by atoms with Crippen molar-refractivity contribution in [2.75, 3.05) is 30.8 Å². The molecule has 3 aromatic rings. The highest BCUT2D eigenvalue weighted by Gasteiger charge is 2.32. The van der Waals surface area contributed by atoms with Crippen LogP contribution in [0.1, 0.15) is 31.4 Å². The van der Waals surface area contributed by atoms with Crippen LogP contribution in [0.5, 0.6) is 5.75 Å². The van der Waals surface area contributed by atoms with Crippen molar-refractivity contribution in [3.8, 4) is 5.75 Å². The van der Waals surface area contributed by atoms with Gasteiger partial charge in [0.15, 0.2) is 0 Å². The minimum absolute atomic E-state index is 0.0757. The normalized spacial score (nSPS) is 11.9. The number of methoxy groups -OCH3 is 1. The molecule has 1 unspecified atom stereocenters. The van der Waals surface area contributed by atoms with Crippen molar-refractivity contribution in [1.29, 1.82) is 0 Å². The molecule has 3 aromatic carbocycles. The standard InChI is InChI=1S/C30H37N3O5S2/c1-6-18-31-30(35)23(3)32(20-24-8-7-9-26(19-24)38-4)29(34)21-33(25-12-10-22(2)11-13-25)40(36,37)28-16-14-27(39-5)15-17-28/h7-17,19,23H,6,18,20-21H2,1-5H3,(H,31,35). The van der Waals surface area contributed by atoms with Crippen molar-refractivity contribution in [3.05, 3.63) is 83.9 Å². The number of nitrogens with zero attached hydrogens (tertiary/aromatic N) is 2. The molecule has 0 aliphatic rings. The Labute approximate surface area is 241 Å². The molecular formula is C30H37N3O5S2. The number of aryl methyl sites for hydroxylation is 1. The van der Waals surface area contributed by atoms with E-state index in [0.717, 1.165) is 26.7 Å². The lowest BCUT2D eigenvalue weighted by Crippen LogP contribution is -2.51. The van der Waals surface area contributed by atoms with E-state index in [0.29, 0.717) is 18.0 Å². The molecule has 40 heavy (non-hydrogen) atoms. The third-order valence-corrected chi connectivity index (χ3v) is 8.98. The van der Waals surface area contributed by atoms with Gasteiger partial charge in [0.1, 0.15) is 18.3 Å². The Morgan fingerprint density at radius 3 is 2.30 bits per heavy atom. The first-order valence-corrected chi connectivity index (χ1v) is 15.7. The zero-order chi connectivity index (χ0) is 29.3. The molecule has 0 aliphatic heterocycles. The van der Waals surface area contributed by atoms with E-state index in [2.05, 4.69) is 5.32 Å². The number of sulfonamides is 1. The maximum atomic E-state index is 14.0. The van der Waals surface area contributed by atoms with E-state index in [1.807, 2.05) is 26.2 Å². The van der Waals surface area contributed by atoms with Gasteiger partial charge in [0.05, 0.1) is 17.7 Å². The summed E-state index contributed by atoms with van der Waals surface area (Å²) < 4.78 is 34.3. The number of nitrogens with one attached hydrogen (secondary N) is 1. The lowest BCUT2D eigenvalue weighted by Gasteiger charge is -2.32. The predicted molar refractivity (Wildman–Crippen MR) is 160 cm³/mol. The summed E-state index contributed by atoms with van der Waals surface area (Å²) in [6.07, 6.45) is 2.66. The van der Waals surface area contributed by atoms with Gasteiger partial charge in [-0.25, -0.2) is 8.42 Å². The van der Waals surface area contributed by atoms with Crippen LogP contribution < -0.4 is 14.4 Å². The van der Waals surface area contributed by atoms with Crippen LogP contribution in [-0.2, 0) is 26.2 Å². The Kier molecular flexibility index (Phi) is 11.0. The maximum Gasteiger partial charge on any atom is 0.264 e. The lowest BCUT2D eigenvalue weighted by molar-refractivity contribution is -0.139. The highest BCUT2D eigenvalue weighted by molar-refractivity contribution is 7.98. The monoisotopic (exact) mass is 583 g/mol. The number of thioether (sulfide) groups is 1. The summed E-state index contributed by atoms with van der Waals surface area (Å²) in [5.41, 5.74) is 2.06. The number of carbonyl (C=O) groups excluding carboxylic acids is 2. The minimum Gasteiger partial charge on any atom is -0.497 e. The van der Waals surface area contributed by atoms with E-state index in [1.165, 1.54) is 16.7 Å².